The number of hydrogen-bond donors (Lipinski definition) is 1. The summed E-state index contributed by atoms with van der Waals surface area (Å²) in [7, 11) is 0. The molecule has 146 valence electrons. The molecular formula is C22H31N3O2. The van der Waals surface area contributed by atoms with E-state index in [1.807, 2.05) is 42.5 Å². The first kappa shape index (κ1) is 19.6. The number of amides is 1. The number of benzene rings is 2. The standard InChI is InChI=1S/C22H31N3O2/c1-3-12-25-15-14-24(17-18(25)2)13-7-16-27-22(26)23-21-11-6-9-19-8-4-5-10-20(19)21/h4-6,8-11,18H,3,7,12-17H2,1-2H3,(H,23,26). The van der Waals surface area contributed by atoms with Crippen molar-refractivity contribution in [1.82, 2.24) is 9.80 Å². The van der Waals surface area contributed by atoms with Crippen LogP contribution in [0.5, 0.6) is 0 Å². The number of carbonyl (C=O) groups is 1. The zero-order valence-corrected chi connectivity index (χ0v) is 16.5. The minimum absolute atomic E-state index is 0.382. The molecule has 1 heterocycles. The maximum Gasteiger partial charge on any atom is 0.411 e. The van der Waals surface area contributed by atoms with Gasteiger partial charge in [0.05, 0.1) is 12.3 Å². The highest BCUT2D eigenvalue weighted by Gasteiger charge is 2.22. The summed E-state index contributed by atoms with van der Waals surface area (Å²) in [4.78, 5) is 17.2. The molecule has 3 rings (SSSR count). The molecule has 0 spiro atoms. The lowest BCUT2D eigenvalue weighted by atomic mass is 10.1. The Labute approximate surface area is 162 Å². The largest absolute Gasteiger partial charge is 0.449 e. The van der Waals surface area contributed by atoms with Crippen molar-refractivity contribution in [3.8, 4) is 0 Å². The average Bonchev–Trinajstić information content (AvgIpc) is 2.68. The van der Waals surface area contributed by atoms with E-state index in [0.29, 0.717) is 12.6 Å². The quantitative estimate of drug-likeness (QED) is 0.743. The van der Waals surface area contributed by atoms with Crippen LogP contribution >= 0.6 is 0 Å². The molecule has 2 aromatic carbocycles. The van der Waals surface area contributed by atoms with Crippen LogP contribution in [0.3, 0.4) is 0 Å². The van der Waals surface area contributed by atoms with Gasteiger partial charge in [0.1, 0.15) is 0 Å². The molecule has 1 atom stereocenters. The van der Waals surface area contributed by atoms with Crippen LogP contribution in [0, 0.1) is 0 Å². The number of piperazine rings is 1. The molecule has 0 radical (unpaired) electrons. The van der Waals surface area contributed by atoms with Crippen LogP contribution in [0.2, 0.25) is 0 Å². The van der Waals surface area contributed by atoms with Gasteiger partial charge in [-0.3, -0.25) is 10.2 Å². The fourth-order valence-corrected chi connectivity index (χ4v) is 3.83. The van der Waals surface area contributed by atoms with E-state index in [1.54, 1.807) is 0 Å². The summed E-state index contributed by atoms with van der Waals surface area (Å²) in [5.41, 5.74) is 0.791. The third-order valence-corrected chi connectivity index (χ3v) is 5.24. The van der Waals surface area contributed by atoms with E-state index in [0.717, 1.165) is 49.1 Å². The van der Waals surface area contributed by atoms with Crippen LogP contribution < -0.4 is 5.32 Å². The van der Waals surface area contributed by atoms with Crippen LogP contribution in [0.15, 0.2) is 42.5 Å². The SMILES string of the molecule is CCCN1CCN(CCCOC(=O)Nc2cccc3ccccc23)CC1C. The Hall–Kier alpha value is -2.11. The lowest BCUT2D eigenvalue weighted by Crippen LogP contribution is -2.52. The van der Waals surface area contributed by atoms with E-state index in [1.165, 1.54) is 13.0 Å². The molecule has 1 N–H and O–H groups in total. The predicted octanol–water partition coefficient (Wildman–Crippen LogP) is 4.19. The fourth-order valence-electron chi connectivity index (χ4n) is 3.83. The van der Waals surface area contributed by atoms with Gasteiger partial charge in [0.25, 0.3) is 0 Å². The van der Waals surface area contributed by atoms with Gasteiger partial charge in [-0.2, -0.15) is 0 Å². The van der Waals surface area contributed by atoms with Crippen molar-refractivity contribution >= 4 is 22.6 Å². The molecule has 1 aliphatic rings. The molecule has 0 aromatic heterocycles. The first-order chi connectivity index (χ1) is 13.2. The Balaban J connectivity index is 1.39. The van der Waals surface area contributed by atoms with Crippen molar-refractivity contribution in [3.05, 3.63) is 42.5 Å². The predicted molar refractivity (Wildman–Crippen MR) is 111 cm³/mol. The minimum atomic E-state index is -0.382. The Kier molecular flexibility index (Phi) is 7.07. The normalized spacial score (nSPS) is 18.5. The molecule has 1 fully saturated rings. The summed E-state index contributed by atoms with van der Waals surface area (Å²) in [5.74, 6) is 0. The second kappa shape index (κ2) is 9.72. The Bertz CT molecular complexity index is 744. The topological polar surface area (TPSA) is 44.8 Å². The van der Waals surface area contributed by atoms with Gasteiger partial charge < -0.3 is 9.64 Å². The molecule has 2 aromatic rings. The monoisotopic (exact) mass is 369 g/mol. The third kappa shape index (κ3) is 5.44. The smallest absolute Gasteiger partial charge is 0.411 e. The zero-order chi connectivity index (χ0) is 19.1. The maximum absolute atomic E-state index is 12.1. The average molecular weight is 370 g/mol. The molecule has 5 nitrogen and oxygen atoms in total. The first-order valence-electron chi connectivity index (χ1n) is 10.1. The molecule has 1 saturated heterocycles. The van der Waals surface area contributed by atoms with Gasteiger partial charge in [0.2, 0.25) is 0 Å². The van der Waals surface area contributed by atoms with Gasteiger partial charge in [0.15, 0.2) is 0 Å². The van der Waals surface area contributed by atoms with Crippen molar-refractivity contribution in [2.45, 2.75) is 32.7 Å². The molecule has 1 aliphatic heterocycles. The number of fused-ring (bicyclic) bond motifs is 1. The van der Waals surface area contributed by atoms with Crippen molar-refractivity contribution in [2.24, 2.45) is 0 Å². The third-order valence-electron chi connectivity index (χ3n) is 5.24. The van der Waals surface area contributed by atoms with E-state index >= 15 is 0 Å². The molecule has 5 heteroatoms. The molecule has 1 amide bonds. The lowest BCUT2D eigenvalue weighted by molar-refractivity contribution is 0.0774. The van der Waals surface area contributed by atoms with Crippen LogP contribution in [-0.2, 0) is 4.74 Å². The van der Waals surface area contributed by atoms with E-state index in [-0.39, 0.29) is 6.09 Å². The summed E-state index contributed by atoms with van der Waals surface area (Å²) >= 11 is 0. The molecule has 27 heavy (non-hydrogen) atoms. The molecular weight excluding hydrogens is 338 g/mol. The Morgan fingerprint density at radius 1 is 1.15 bits per heavy atom. The Morgan fingerprint density at radius 3 is 2.78 bits per heavy atom. The molecule has 0 bridgehead atoms. The van der Waals surface area contributed by atoms with Crippen LogP contribution in [0.4, 0.5) is 10.5 Å². The number of ether oxygens (including phenoxy) is 1. The van der Waals surface area contributed by atoms with Crippen molar-refractivity contribution < 1.29 is 9.53 Å². The summed E-state index contributed by atoms with van der Waals surface area (Å²) in [6.45, 7) is 10.5. The number of nitrogens with zero attached hydrogens (tertiary/aromatic N) is 2. The van der Waals surface area contributed by atoms with Crippen LogP contribution in [0.25, 0.3) is 10.8 Å². The minimum Gasteiger partial charge on any atom is -0.449 e. The van der Waals surface area contributed by atoms with E-state index in [9.17, 15) is 4.79 Å². The van der Waals surface area contributed by atoms with Gasteiger partial charge in [0, 0.05) is 37.6 Å². The summed E-state index contributed by atoms with van der Waals surface area (Å²) in [6.07, 6.45) is 1.69. The van der Waals surface area contributed by atoms with E-state index in [2.05, 4.69) is 29.0 Å². The highest BCUT2D eigenvalue weighted by atomic mass is 16.5. The van der Waals surface area contributed by atoms with Gasteiger partial charge in [-0.15, -0.1) is 0 Å². The summed E-state index contributed by atoms with van der Waals surface area (Å²) in [6, 6.07) is 14.5. The molecule has 1 unspecified atom stereocenters. The van der Waals surface area contributed by atoms with Gasteiger partial charge >= 0.3 is 6.09 Å². The number of nitrogens with one attached hydrogen (secondary N) is 1. The van der Waals surface area contributed by atoms with E-state index < -0.39 is 0 Å². The van der Waals surface area contributed by atoms with Gasteiger partial charge in [-0.25, -0.2) is 4.79 Å². The van der Waals surface area contributed by atoms with Crippen molar-refractivity contribution in [1.29, 1.82) is 0 Å². The van der Waals surface area contributed by atoms with E-state index in [4.69, 9.17) is 4.74 Å². The Morgan fingerprint density at radius 2 is 1.96 bits per heavy atom. The number of rotatable bonds is 7. The highest BCUT2D eigenvalue weighted by Crippen LogP contribution is 2.23. The fraction of sp³-hybridized carbons (Fsp3) is 0.500. The summed E-state index contributed by atoms with van der Waals surface area (Å²) in [5, 5.41) is 5.00. The second-order valence-electron chi connectivity index (χ2n) is 7.33. The van der Waals surface area contributed by atoms with Gasteiger partial charge in [-0.1, -0.05) is 43.3 Å². The first-order valence-corrected chi connectivity index (χ1v) is 10.1. The highest BCUT2D eigenvalue weighted by molar-refractivity contribution is 6.00. The zero-order valence-electron chi connectivity index (χ0n) is 16.5. The van der Waals surface area contributed by atoms with Crippen LogP contribution in [-0.4, -0.2) is 61.3 Å². The second-order valence-corrected chi connectivity index (χ2v) is 7.33. The molecule has 0 aliphatic carbocycles. The van der Waals surface area contributed by atoms with Crippen molar-refractivity contribution in [2.75, 3.05) is 44.6 Å². The maximum atomic E-state index is 12.1. The summed E-state index contributed by atoms with van der Waals surface area (Å²) < 4.78 is 5.39. The van der Waals surface area contributed by atoms with Crippen LogP contribution in [0.1, 0.15) is 26.7 Å². The number of anilines is 1. The molecule has 0 saturated carbocycles. The van der Waals surface area contributed by atoms with Gasteiger partial charge in [-0.05, 0) is 37.8 Å². The number of carbonyl (C=O) groups excluding carboxylic acids is 1. The lowest BCUT2D eigenvalue weighted by Gasteiger charge is -2.39. The van der Waals surface area contributed by atoms with Crippen molar-refractivity contribution in [3.63, 3.8) is 0 Å². The number of hydrogen-bond acceptors (Lipinski definition) is 4.